The normalized spacial score (nSPS) is 14.7. The maximum Gasteiger partial charge on any atom is 0.228 e. The highest BCUT2D eigenvalue weighted by Crippen LogP contribution is 2.48. The number of ether oxygens (including phenoxy) is 1. The van der Waals surface area contributed by atoms with Crippen LogP contribution in [0.3, 0.4) is 0 Å². The molecule has 0 fully saturated rings. The molecule has 1 aliphatic heterocycles. The average molecular weight is 394 g/mol. The molecular weight excluding hydrogens is 380 g/mol. The first-order valence-electron chi connectivity index (χ1n) is 9.35. The number of hydrogen-bond acceptors (Lipinski definition) is 7. The smallest absolute Gasteiger partial charge is 0.228 e. The van der Waals surface area contributed by atoms with Gasteiger partial charge in [-0.05, 0) is 29.8 Å². The second-order valence-corrected chi connectivity index (χ2v) is 6.93. The summed E-state index contributed by atoms with van der Waals surface area (Å²) in [6.45, 7) is 0. The number of pyridine rings is 2. The maximum atomic E-state index is 9.95. The molecule has 4 aromatic heterocycles. The van der Waals surface area contributed by atoms with Gasteiger partial charge in [0.15, 0.2) is 5.65 Å². The summed E-state index contributed by atoms with van der Waals surface area (Å²) in [6.07, 6.45) is 6.83. The highest BCUT2D eigenvalue weighted by Gasteiger charge is 2.33. The predicted octanol–water partition coefficient (Wildman–Crippen LogP) is 3.57. The van der Waals surface area contributed by atoms with Crippen molar-refractivity contribution in [1.29, 1.82) is 0 Å². The van der Waals surface area contributed by atoms with Crippen molar-refractivity contribution in [3.63, 3.8) is 0 Å². The number of aromatic hydroxyl groups is 1. The lowest BCUT2D eigenvalue weighted by atomic mass is 9.84. The van der Waals surface area contributed by atoms with Gasteiger partial charge in [-0.1, -0.05) is 18.2 Å². The number of benzene rings is 1. The first kappa shape index (κ1) is 16.6. The minimum Gasteiger partial charge on any atom is -0.508 e. The average Bonchev–Trinajstić information content (AvgIpc) is 3.23. The molecule has 0 radical (unpaired) electrons. The Morgan fingerprint density at radius 2 is 1.97 bits per heavy atom. The Labute approximate surface area is 170 Å². The van der Waals surface area contributed by atoms with Crippen LogP contribution in [0.4, 0.5) is 0 Å². The molecule has 8 nitrogen and oxygen atoms in total. The van der Waals surface area contributed by atoms with E-state index in [1.165, 1.54) is 0 Å². The summed E-state index contributed by atoms with van der Waals surface area (Å²) >= 11 is 0. The Balaban J connectivity index is 1.63. The van der Waals surface area contributed by atoms with Crippen LogP contribution in [0.25, 0.3) is 17.2 Å². The summed E-state index contributed by atoms with van der Waals surface area (Å²) in [6, 6.07) is 14.6. The van der Waals surface area contributed by atoms with E-state index in [1.807, 2.05) is 42.6 Å². The number of rotatable bonds is 2. The molecule has 0 amide bonds. The molecule has 0 aliphatic carbocycles. The van der Waals surface area contributed by atoms with Crippen LogP contribution in [0, 0.1) is 0 Å². The van der Waals surface area contributed by atoms with E-state index in [0.29, 0.717) is 28.8 Å². The standard InChI is InChI=1S/C22H14N6O2/c29-14-6-7-15-17(10-14)30-22-19(18(15)13-4-3-8-23-11-13)21-26-20(27-28(21)12-25-22)16-5-1-2-9-24-16/h1-12,18,29H. The van der Waals surface area contributed by atoms with Crippen LogP contribution in [-0.2, 0) is 0 Å². The van der Waals surface area contributed by atoms with Crippen molar-refractivity contribution < 1.29 is 9.84 Å². The largest absolute Gasteiger partial charge is 0.508 e. The molecule has 1 aromatic carbocycles. The third-order valence-electron chi connectivity index (χ3n) is 5.10. The van der Waals surface area contributed by atoms with Gasteiger partial charge in [0.1, 0.15) is 23.5 Å². The quantitative estimate of drug-likeness (QED) is 0.479. The Hall–Kier alpha value is -4.33. The first-order chi connectivity index (χ1) is 14.8. The Bertz CT molecular complexity index is 1390. The van der Waals surface area contributed by atoms with Gasteiger partial charge < -0.3 is 9.84 Å². The van der Waals surface area contributed by atoms with Gasteiger partial charge in [-0.15, -0.1) is 5.10 Å². The molecule has 1 atom stereocenters. The van der Waals surface area contributed by atoms with E-state index in [0.717, 1.165) is 16.7 Å². The summed E-state index contributed by atoms with van der Waals surface area (Å²) in [5, 5.41) is 14.5. The predicted molar refractivity (Wildman–Crippen MR) is 107 cm³/mol. The third kappa shape index (κ3) is 2.51. The van der Waals surface area contributed by atoms with Crippen molar-refractivity contribution in [2.24, 2.45) is 0 Å². The molecule has 8 heteroatoms. The van der Waals surface area contributed by atoms with Crippen LogP contribution in [0.1, 0.15) is 22.6 Å². The second-order valence-electron chi connectivity index (χ2n) is 6.93. The highest BCUT2D eigenvalue weighted by atomic mass is 16.5. The van der Waals surface area contributed by atoms with Crippen LogP contribution in [0.2, 0.25) is 0 Å². The molecule has 0 spiro atoms. The minimum atomic E-state index is -0.227. The number of nitrogens with zero attached hydrogens (tertiary/aromatic N) is 6. The molecule has 0 saturated heterocycles. The first-order valence-corrected chi connectivity index (χ1v) is 9.35. The summed E-state index contributed by atoms with van der Waals surface area (Å²) in [4.78, 5) is 17.9. The number of phenolic OH excluding ortho intramolecular Hbond substituents is 1. The number of fused-ring (bicyclic) bond motifs is 4. The van der Waals surface area contributed by atoms with Crippen LogP contribution in [0.15, 0.2) is 73.4 Å². The summed E-state index contributed by atoms with van der Waals surface area (Å²) in [7, 11) is 0. The van der Waals surface area contributed by atoms with E-state index in [1.54, 1.807) is 35.4 Å². The van der Waals surface area contributed by atoms with E-state index in [2.05, 4.69) is 20.1 Å². The zero-order valence-electron chi connectivity index (χ0n) is 15.5. The Kier molecular flexibility index (Phi) is 3.51. The zero-order chi connectivity index (χ0) is 20.1. The topological polar surface area (TPSA) is 98.3 Å². The van der Waals surface area contributed by atoms with Crippen molar-refractivity contribution in [3.05, 3.63) is 90.1 Å². The summed E-state index contributed by atoms with van der Waals surface area (Å²) < 4.78 is 7.68. The van der Waals surface area contributed by atoms with Gasteiger partial charge in [0, 0.05) is 36.1 Å². The SMILES string of the molecule is Oc1ccc2c(c1)Oc1ncn3nc(-c4ccccn4)nc3c1C2c1cccnc1. The molecule has 0 saturated carbocycles. The molecule has 0 bridgehead atoms. The van der Waals surface area contributed by atoms with Gasteiger partial charge >= 0.3 is 0 Å². The molecule has 6 rings (SSSR count). The van der Waals surface area contributed by atoms with E-state index in [-0.39, 0.29) is 11.7 Å². The fraction of sp³-hybridized carbons (Fsp3) is 0.0455. The lowest BCUT2D eigenvalue weighted by Gasteiger charge is -2.27. The van der Waals surface area contributed by atoms with Crippen molar-refractivity contribution in [2.75, 3.05) is 0 Å². The monoisotopic (exact) mass is 394 g/mol. The van der Waals surface area contributed by atoms with Crippen molar-refractivity contribution >= 4 is 5.65 Å². The van der Waals surface area contributed by atoms with Crippen LogP contribution in [-0.4, -0.2) is 34.7 Å². The number of phenols is 1. The Morgan fingerprint density at radius 3 is 2.80 bits per heavy atom. The number of hydrogen-bond donors (Lipinski definition) is 1. The highest BCUT2D eigenvalue weighted by molar-refractivity contribution is 5.67. The third-order valence-corrected chi connectivity index (χ3v) is 5.10. The van der Waals surface area contributed by atoms with Crippen molar-refractivity contribution in [1.82, 2.24) is 29.5 Å². The molecule has 1 aliphatic rings. The van der Waals surface area contributed by atoms with Gasteiger partial charge in [0.05, 0.1) is 5.56 Å². The lowest BCUT2D eigenvalue weighted by molar-refractivity contribution is 0.422. The van der Waals surface area contributed by atoms with E-state index < -0.39 is 0 Å². The molecule has 1 N–H and O–H groups in total. The maximum absolute atomic E-state index is 9.95. The van der Waals surface area contributed by atoms with Crippen LogP contribution in [0.5, 0.6) is 17.4 Å². The van der Waals surface area contributed by atoms with E-state index >= 15 is 0 Å². The minimum absolute atomic E-state index is 0.128. The van der Waals surface area contributed by atoms with Gasteiger partial charge in [-0.3, -0.25) is 9.97 Å². The molecule has 30 heavy (non-hydrogen) atoms. The van der Waals surface area contributed by atoms with Gasteiger partial charge in [-0.2, -0.15) is 0 Å². The van der Waals surface area contributed by atoms with Crippen molar-refractivity contribution in [2.45, 2.75) is 5.92 Å². The molecular formula is C22H14N6O2. The molecule has 5 aromatic rings. The summed E-state index contributed by atoms with van der Waals surface area (Å²) in [5.41, 5.74) is 3.96. The van der Waals surface area contributed by atoms with Gasteiger partial charge in [-0.25, -0.2) is 14.5 Å². The summed E-state index contributed by atoms with van der Waals surface area (Å²) in [5.74, 6) is 1.39. The molecule has 5 heterocycles. The van der Waals surface area contributed by atoms with Gasteiger partial charge in [0.25, 0.3) is 0 Å². The fourth-order valence-electron chi connectivity index (χ4n) is 3.80. The molecule has 144 valence electrons. The lowest BCUT2D eigenvalue weighted by Crippen LogP contribution is -2.15. The van der Waals surface area contributed by atoms with Crippen LogP contribution < -0.4 is 4.74 Å². The van der Waals surface area contributed by atoms with Crippen molar-refractivity contribution in [3.8, 4) is 28.9 Å². The van der Waals surface area contributed by atoms with Crippen LogP contribution >= 0.6 is 0 Å². The molecule has 1 unspecified atom stereocenters. The van der Waals surface area contributed by atoms with Gasteiger partial charge in [0.2, 0.25) is 11.7 Å². The van der Waals surface area contributed by atoms with E-state index in [4.69, 9.17) is 9.72 Å². The zero-order valence-corrected chi connectivity index (χ0v) is 15.5. The fourth-order valence-corrected chi connectivity index (χ4v) is 3.80. The Morgan fingerprint density at radius 1 is 1.00 bits per heavy atom. The van der Waals surface area contributed by atoms with E-state index in [9.17, 15) is 5.11 Å². The number of aromatic nitrogens is 6. The second kappa shape index (κ2) is 6.35.